The first kappa shape index (κ1) is 22.1. The number of aromatic nitrogens is 2. The van der Waals surface area contributed by atoms with Crippen LogP contribution in [-0.4, -0.2) is 40.4 Å². The third-order valence-corrected chi connectivity index (χ3v) is 3.78. The Bertz CT molecular complexity index is 1030. The maximum atomic E-state index is 12.4. The van der Waals surface area contributed by atoms with Gasteiger partial charge in [-0.1, -0.05) is 12.1 Å². The number of alkyl halides is 3. The first-order chi connectivity index (χ1) is 13.5. The van der Waals surface area contributed by atoms with Crippen molar-refractivity contribution in [2.45, 2.75) is 19.0 Å². The lowest BCUT2D eigenvalue weighted by Crippen LogP contribution is -2.41. The number of para-hydroxylation sites is 1. The predicted molar refractivity (Wildman–Crippen MR) is 96.1 cm³/mol. The van der Waals surface area contributed by atoms with Crippen LogP contribution in [0.5, 0.6) is 5.75 Å². The van der Waals surface area contributed by atoms with Crippen LogP contribution in [-0.2, 0) is 20.9 Å². The maximum absolute atomic E-state index is 12.4. The highest BCUT2D eigenvalue weighted by atomic mass is 32.1. The number of carbonyl (C=O) groups is 2. The topological polar surface area (TPSA) is 142 Å². The highest BCUT2D eigenvalue weighted by molar-refractivity contribution is 7.71. The highest BCUT2D eigenvalue weighted by Crippen LogP contribution is 2.30. The standard InChI is InChI=1S/C16H15F3N4O5S/c17-16(18,19)14(26)28-13(12(21)25)27-10-4-2-1-3-8(10)9-7-11(24)22-15(29)23(9)6-5-20/h1-4,7,13H,5-6,20H2,(H2,21,25)(H,22,24,29). The number of halogens is 3. The van der Waals surface area contributed by atoms with E-state index in [-0.39, 0.29) is 34.9 Å². The summed E-state index contributed by atoms with van der Waals surface area (Å²) in [7, 11) is 0. The number of ether oxygens (including phenoxy) is 2. The minimum atomic E-state index is -5.36. The van der Waals surface area contributed by atoms with Crippen LogP contribution in [0, 0.1) is 4.77 Å². The van der Waals surface area contributed by atoms with Gasteiger partial charge in [0.25, 0.3) is 11.5 Å². The van der Waals surface area contributed by atoms with Crippen molar-refractivity contribution < 1.29 is 32.2 Å². The Labute approximate surface area is 166 Å². The van der Waals surface area contributed by atoms with Gasteiger partial charge in [-0.2, -0.15) is 13.2 Å². The molecule has 9 nitrogen and oxygen atoms in total. The largest absolute Gasteiger partial charge is 0.491 e. The van der Waals surface area contributed by atoms with Crippen LogP contribution in [0.2, 0.25) is 0 Å². The van der Waals surface area contributed by atoms with Gasteiger partial charge in [0, 0.05) is 24.7 Å². The van der Waals surface area contributed by atoms with Crippen molar-refractivity contribution in [1.82, 2.24) is 9.55 Å². The van der Waals surface area contributed by atoms with E-state index in [4.69, 9.17) is 28.4 Å². The Balaban J connectivity index is 2.51. The molecular weight excluding hydrogens is 417 g/mol. The first-order valence-electron chi connectivity index (χ1n) is 7.92. The number of esters is 1. The normalized spacial score (nSPS) is 12.3. The quantitative estimate of drug-likeness (QED) is 0.334. The van der Waals surface area contributed by atoms with Crippen molar-refractivity contribution in [1.29, 1.82) is 0 Å². The fourth-order valence-electron chi connectivity index (χ4n) is 2.30. The number of rotatable bonds is 7. The van der Waals surface area contributed by atoms with E-state index in [1.165, 1.54) is 22.8 Å². The van der Waals surface area contributed by atoms with Crippen molar-refractivity contribution in [3.05, 3.63) is 45.5 Å². The fraction of sp³-hybridized carbons (Fsp3) is 0.250. The van der Waals surface area contributed by atoms with E-state index in [1.54, 1.807) is 6.07 Å². The van der Waals surface area contributed by atoms with E-state index in [1.807, 2.05) is 0 Å². The third kappa shape index (κ3) is 5.42. The van der Waals surface area contributed by atoms with Crippen molar-refractivity contribution in [3.63, 3.8) is 0 Å². The van der Waals surface area contributed by atoms with Gasteiger partial charge in [0.1, 0.15) is 5.75 Å². The summed E-state index contributed by atoms with van der Waals surface area (Å²) in [4.78, 5) is 36.8. The monoisotopic (exact) mass is 432 g/mol. The summed E-state index contributed by atoms with van der Waals surface area (Å²) in [5.41, 5.74) is 10.4. The van der Waals surface area contributed by atoms with Crippen molar-refractivity contribution >= 4 is 24.1 Å². The van der Waals surface area contributed by atoms with Crippen LogP contribution in [0.3, 0.4) is 0 Å². The number of hydrogen-bond acceptors (Lipinski definition) is 7. The Kier molecular flexibility index (Phi) is 6.76. The average molecular weight is 432 g/mol. The number of H-pyrrole nitrogens is 1. The molecule has 2 rings (SSSR count). The zero-order chi connectivity index (χ0) is 21.8. The second-order valence-corrected chi connectivity index (χ2v) is 5.90. The minimum Gasteiger partial charge on any atom is -0.446 e. The lowest BCUT2D eigenvalue weighted by molar-refractivity contribution is -0.215. The molecule has 0 spiro atoms. The van der Waals surface area contributed by atoms with Gasteiger partial charge >= 0.3 is 18.4 Å². The van der Waals surface area contributed by atoms with E-state index in [0.717, 1.165) is 6.07 Å². The minimum absolute atomic E-state index is 0.0442. The van der Waals surface area contributed by atoms with Gasteiger partial charge in [-0.3, -0.25) is 14.6 Å². The van der Waals surface area contributed by atoms with Crippen LogP contribution in [0.4, 0.5) is 13.2 Å². The molecule has 0 aliphatic rings. The van der Waals surface area contributed by atoms with Gasteiger partial charge in [-0.15, -0.1) is 0 Å². The molecule has 0 fully saturated rings. The number of nitrogens with one attached hydrogen (secondary N) is 1. The molecule has 0 aliphatic carbocycles. The number of aromatic amines is 1. The molecule has 1 unspecified atom stereocenters. The van der Waals surface area contributed by atoms with E-state index in [2.05, 4.69) is 9.72 Å². The molecule has 1 aromatic heterocycles. The molecule has 29 heavy (non-hydrogen) atoms. The molecule has 0 bridgehead atoms. The number of nitrogens with zero attached hydrogens (tertiary/aromatic N) is 1. The van der Waals surface area contributed by atoms with Gasteiger partial charge in [-0.05, 0) is 24.4 Å². The van der Waals surface area contributed by atoms with Crippen LogP contribution < -0.4 is 21.8 Å². The Morgan fingerprint density at radius 1 is 1.28 bits per heavy atom. The molecule has 5 N–H and O–H groups in total. The van der Waals surface area contributed by atoms with E-state index < -0.39 is 29.9 Å². The van der Waals surface area contributed by atoms with Gasteiger partial charge in [0.2, 0.25) is 0 Å². The Morgan fingerprint density at radius 3 is 2.52 bits per heavy atom. The van der Waals surface area contributed by atoms with Crippen LogP contribution >= 0.6 is 12.2 Å². The summed E-state index contributed by atoms with van der Waals surface area (Å²) in [6.07, 6.45) is -7.72. The van der Waals surface area contributed by atoms with Crippen LogP contribution in [0.15, 0.2) is 35.1 Å². The van der Waals surface area contributed by atoms with Crippen molar-refractivity contribution in [2.24, 2.45) is 11.5 Å². The zero-order valence-corrected chi connectivity index (χ0v) is 15.4. The lowest BCUT2D eigenvalue weighted by atomic mass is 10.1. The van der Waals surface area contributed by atoms with E-state index in [0.29, 0.717) is 0 Å². The van der Waals surface area contributed by atoms with Crippen LogP contribution in [0.25, 0.3) is 11.3 Å². The highest BCUT2D eigenvalue weighted by Gasteiger charge is 2.43. The number of primary amides is 1. The fourth-order valence-corrected chi connectivity index (χ4v) is 2.59. The van der Waals surface area contributed by atoms with Gasteiger partial charge < -0.3 is 25.5 Å². The lowest BCUT2D eigenvalue weighted by Gasteiger charge is -2.20. The number of carbonyl (C=O) groups excluding carboxylic acids is 2. The Morgan fingerprint density at radius 2 is 1.93 bits per heavy atom. The zero-order valence-electron chi connectivity index (χ0n) is 14.6. The molecule has 0 aliphatic heterocycles. The van der Waals surface area contributed by atoms with E-state index in [9.17, 15) is 27.6 Å². The summed E-state index contributed by atoms with van der Waals surface area (Å²) in [5, 5.41) is 0. The molecule has 1 amide bonds. The van der Waals surface area contributed by atoms with Crippen molar-refractivity contribution in [3.8, 4) is 17.0 Å². The predicted octanol–water partition coefficient (Wildman–Crippen LogP) is 0.827. The SMILES string of the molecule is NCCn1c(-c2ccccc2OC(OC(=O)C(F)(F)F)C(N)=O)cc(=O)[nH]c1=S. The molecular formula is C16H15F3N4O5S. The summed E-state index contributed by atoms with van der Waals surface area (Å²) >= 11 is 5.11. The van der Waals surface area contributed by atoms with Crippen LogP contribution in [0.1, 0.15) is 0 Å². The maximum Gasteiger partial charge on any atom is 0.491 e. The molecule has 0 saturated carbocycles. The molecule has 13 heteroatoms. The molecule has 1 aromatic carbocycles. The smallest absolute Gasteiger partial charge is 0.446 e. The number of nitrogens with two attached hydrogens (primary N) is 2. The third-order valence-electron chi connectivity index (χ3n) is 3.46. The molecule has 1 atom stereocenters. The first-order valence-corrected chi connectivity index (χ1v) is 8.33. The second kappa shape index (κ2) is 8.87. The van der Waals surface area contributed by atoms with Gasteiger partial charge in [-0.25, -0.2) is 4.79 Å². The van der Waals surface area contributed by atoms with Gasteiger partial charge in [0.05, 0.1) is 5.69 Å². The van der Waals surface area contributed by atoms with Crippen molar-refractivity contribution in [2.75, 3.05) is 6.54 Å². The molecule has 0 saturated heterocycles. The number of amides is 1. The molecule has 0 radical (unpaired) electrons. The number of benzene rings is 1. The van der Waals surface area contributed by atoms with Gasteiger partial charge in [0.15, 0.2) is 4.77 Å². The molecule has 2 aromatic rings. The Hall–Kier alpha value is -3.19. The molecule has 1 heterocycles. The average Bonchev–Trinajstić information content (AvgIpc) is 2.62. The summed E-state index contributed by atoms with van der Waals surface area (Å²) in [6, 6.07) is 6.88. The second-order valence-electron chi connectivity index (χ2n) is 5.52. The van der Waals surface area contributed by atoms with E-state index >= 15 is 0 Å². The summed E-state index contributed by atoms with van der Waals surface area (Å²) in [5.74, 6) is -4.31. The summed E-state index contributed by atoms with van der Waals surface area (Å²) < 4.78 is 48.0. The molecule has 156 valence electrons. The summed E-state index contributed by atoms with van der Waals surface area (Å²) in [6.45, 7) is 0.352. The number of hydrogen-bond donors (Lipinski definition) is 3.